The van der Waals surface area contributed by atoms with E-state index in [-0.39, 0.29) is 0 Å². The molecule has 0 aromatic carbocycles. The lowest BCUT2D eigenvalue weighted by Crippen LogP contribution is -2.51. The molecule has 0 saturated heterocycles. The lowest BCUT2D eigenvalue weighted by atomic mass is 10.0. The Morgan fingerprint density at radius 3 is 1.29 bits per heavy atom. The largest absolute Gasteiger partial charge is 0.440 e. The first-order valence-corrected chi connectivity index (χ1v) is 32.5. The Kier molecular flexibility index (Phi) is 23.5. The van der Waals surface area contributed by atoms with Crippen LogP contribution >= 0.6 is 0 Å². The fourth-order valence-corrected chi connectivity index (χ4v) is 27.8. The van der Waals surface area contributed by atoms with Crippen molar-refractivity contribution >= 4 is 67.9 Å². The Hall–Kier alpha value is 1.01. The van der Waals surface area contributed by atoms with Crippen molar-refractivity contribution in [3.8, 4) is 0 Å². The Bertz CT molecular complexity index is 574. The summed E-state index contributed by atoms with van der Waals surface area (Å²) >= 11 is 0. The van der Waals surface area contributed by atoms with Crippen LogP contribution in [0.5, 0.6) is 0 Å². The Morgan fingerprint density at radius 1 is 0.684 bits per heavy atom. The van der Waals surface area contributed by atoms with Gasteiger partial charge in [-0.15, -0.1) is 6.58 Å². The molecule has 0 unspecified atom stereocenters. The molecular weight excluding hydrogens is 566 g/mol. The second-order valence-electron chi connectivity index (χ2n) is 13.5. The van der Waals surface area contributed by atoms with E-state index >= 15 is 0 Å². The molecule has 0 bridgehead atoms. The molecule has 2 aliphatic carbocycles. The molecule has 0 spiro atoms. The Balaban J connectivity index is -0.000000230. The maximum atomic E-state index is 6.33. The minimum Gasteiger partial charge on any atom is -0.440 e. The normalized spacial score (nSPS) is 15.7. The minimum atomic E-state index is -1.89. The van der Waals surface area contributed by atoms with Crippen LogP contribution in [-0.2, 0) is 16.5 Å². The topological polar surface area (TPSA) is 36.9 Å². The van der Waals surface area contributed by atoms with Gasteiger partial charge in [0.05, 0.1) is 0 Å². The van der Waals surface area contributed by atoms with Gasteiger partial charge in [-0.2, -0.15) is 0 Å². The first-order chi connectivity index (χ1) is 18.2. The first kappa shape index (κ1) is 41.1. The first-order valence-electron chi connectivity index (χ1n) is 15.7. The fourth-order valence-electron chi connectivity index (χ4n) is 3.84. The van der Waals surface area contributed by atoms with Gasteiger partial charge in [-0.1, -0.05) is 70.4 Å². The van der Waals surface area contributed by atoms with E-state index in [0.717, 1.165) is 0 Å². The molecule has 0 N–H and O–H groups in total. The summed E-state index contributed by atoms with van der Waals surface area (Å²) in [6.07, 6.45) is 13.2. The maximum Gasteiger partial charge on any atom is 0.311 e. The van der Waals surface area contributed by atoms with E-state index in [1.165, 1.54) is 63.8 Å². The van der Waals surface area contributed by atoms with Gasteiger partial charge in [0.25, 0.3) is 0 Å². The summed E-state index contributed by atoms with van der Waals surface area (Å²) in [6, 6.07) is 1.23. The van der Waals surface area contributed by atoms with Crippen LogP contribution in [-0.4, -0.2) is 70.5 Å². The van der Waals surface area contributed by atoms with Crippen molar-refractivity contribution in [3.63, 3.8) is 0 Å². The Labute approximate surface area is 254 Å². The highest BCUT2D eigenvalue weighted by atomic mass is 28.5. The molecule has 2 saturated carbocycles. The van der Waals surface area contributed by atoms with E-state index in [1.54, 1.807) is 0 Å². The molecule has 0 heterocycles. The third-order valence-electron chi connectivity index (χ3n) is 5.45. The molecule has 0 atom stereocenters. The second kappa shape index (κ2) is 21.7. The van der Waals surface area contributed by atoms with Gasteiger partial charge in [-0.05, 0) is 93.8 Å². The molecule has 0 aromatic rings. The van der Waals surface area contributed by atoms with Crippen molar-refractivity contribution in [1.29, 1.82) is 2.67 Å². The minimum absolute atomic E-state index is 0.971. The van der Waals surface area contributed by atoms with Crippen LogP contribution in [0.25, 0.3) is 0 Å². The summed E-state index contributed by atoms with van der Waals surface area (Å²) in [6.45, 7) is 34.6. The predicted octanol–water partition coefficient (Wildman–Crippen LogP) is 8.63. The van der Waals surface area contributed by atoms with Gasteiger partial charge < -0.3 is 16.5 Å². The van der Waals surface area contributed by atoms with Crippen molar-refractivity contribution in [2.75, 3.05) is 0 Å². The third kappa shape index (κ3) is 31.5. The smallest absolute Gasteiger partial charge is 0.311 e. The molecular formula is C26H68B2O4Si6. The second-order valence-corrected chi connectivity index (χ2v) is 36.5. The molecule has 38 heavy (non-hydrogen) atoms. The molecule has 0 amide bonds. The summed E-state index contributed by atoms with van der Waals surface area (Å²) in [4.78, 5) is 0. The van der Waals surface area contributed by atoms with Crippen molar-refractivity contribution in [1.82, 2.24) is 0 Å². The van der Waals surface area contributed by atoms with Crippen LogP contribution in [0, 0.1) is 0 Å². The zero-order valence-corrected chi connectivity index (χ0v) is 34.4. The van der Waals surface area contributed by atoms with Crippen molar-refractivity contribution < 1.29 is 16.5 Å². The SMILES string of the molecule is C1CCC1.C1CCC1.C=C[Si](C)(C)O[Si](C)(C)O[SiH](C)C.CCC[Si](C)(C)O[Si](C)(C)O[Si](C)(C)C.[2H][B].[2H][B]. The molecule has 12 heteroatoms. The van der Waals surface area contributed by atoms with Crippen LogP contribution in [0.4, 0.5) is 0 Å². The summed E-state index contributed by atoms with van der Waals surface area (Å²) in [5, 5.41) is 0. The molecule has 4 nitrogen and oxygen atoms in total. The van der Waals surface area contributed by atoms with E-state index in [4.69, 9.17) is 19.1 Å². The third-order valence-corrected chi connectivity index (χ3v) is 25.0. The maximum absolute atomic E-state index is 6.33. The van der Waals surface area contributed by atoms with Crippen LogP contribution in [0.1, 0.15) is 64.7 Å². The van der Waals surface area contributed by atoms with E-state index in [2.05, 4.69) is 115 Å². The van der Waals surface area contributed by atoms with Crippen LogP contribution in [0.15, 0.2) is 12.3 Å². The van der Waals surface area contributed by atoms with Crippen LogP contribution < -0.4 is 0 Å². The highest BCUT2D eigenvalue weighted by molar-refractivity contribution is 6.88. The summed E-state index contributed by atoms with van der Waals surface area (Å²) in [5.74, 6) is 0. The molecule has 0 aromatic heterocycles. The molecule has 2 rings (SSSR count). The number of hydrogen-bond acceptors (Lipinski definition) is 4. The summed E-state index contributed by atoms with van der Waals surface area (Å²) < 4.78 is 35.0. The standard InChI is InChI=1S/C10H28O2Si3.C8H22O2Si3.2C4H8.2BH/c1-9-10-14(5,6)12-15(7,8)11-13(2,3)4;1-8-12(4,5)10-13(6,7)9-11(2)3;2*1-2-4-3-1;;/h9-10H2,1-8H3;8,11H,1H2,2-7H3;2*1-4H2;2*1H/i;;;;2*1D. The lowest BCUT2D eigenvalue weighted by molar-refractivity contribution is 0.391. The van der Waals surface area contributed by atoms with Gasteiger partial charge in [-0.25, -0.2) is 0 Å². The van der Waals surface area contributed by atoms with Gasteiger partial charge in [0.2, 0.25) is 0 Å². The average Bonchev–Trinajstić information content (AvgIpc) is 2.64. The zero-order valence-electron chi connectivity index (χ0n) is 30.2. The van der Waals surface area contributed by atoms with Crippen LogP contribution in [0.3, 0.4) is 0 Å². The highest BCUT2D eigenvalue weighted by Gasteiger charge is 2.37. The quantitative estimate of drug-likeness (QED) is 0.213. The molecule has 226 valence electrons. The van der Waals surface area contributed by atoms with Gasteiger partial charge in [0.15, 0.2) is 34.0 Å². The van der Waals surface area contributed by atoms with E-state index in [1.807, 2.05) is 5.70 Å². The summed E-state index contributed by atoms with van der Waals surface area (Å²) in [5.41, 5.74) is 1.97. The Morgan fingerprint density at radius 2 is 1.05 bits per heavy atom. The van der Waals surface area contributed by atoms with Gasteiger partial charge in [-0.3, -0.25) is 0 Å². The van der Waals surface area contributed by atoms with Gasteiger partial charge in [0, 0.05) is 16.8 Å². The van der Waals surface area contributed by atoms with E-state index in [9.17, 15) is 0 Å². The molecule has 0 aliphatic heterocycles. The number of hydrogen-bond donors (Lipinski definition) is 0. The molecule has 4 radical (unpaired) electrons. The fraction of sp³-hybridized carbons (Fsp3) is 0.923. The van der Waals surface area contributed by atoms with Crippen molar-refractivity contribution in [2.24, 2.45) is 0 Å². The lowest BCUT2D eigenvalue weighted by Gasteiger charge is -2.37. The van der Waals surface area contributed by atoms with Crippen molar-refractivity contribution in [2.45, 2.75) is 156 Å². The number of rotatable bonds is 11. The van der Waals surface area contributed by atoms with Crippen molar-refractivity contribution in [3.05, 3.63) is 12.3 Å². The summed E-state index contributed by atoms with van der Waals surface area (Å²) in [7, 11) is -1.82. The monoisotopic (exact) mass is 636 g/mol. The zero-order chi connectivity index (χ0) is 32.7. The average molecular weight is 637 g/mol. The molecule has 2 aliphatic rings. The van der Waals surface area contributed by atoms with Gasteiger partial charge >= 0.3 is 17.1 Å². The van der Waals surface area contributed by atoms with Crippen LogP contribution in [0.2, 0.25) is 91.2 Å². The predicted molar refractivity (Wildman–Crippen MR) is 193 cm³/mol. The van der Waals surface area contributed by atoms with Gasteiger partial charge in [0.1, 0.15) is 0 Å². The van der Waals surface area contributed by atoms with E-state index in [0.29, 0.717) is 0 Å². The van der Waals surface area contributed by atoms with E-state index < -0.39 is 51.1 Å². The highest BCUT2D eigenvalue weighted by Crippen LogP contribution is 2.23. The molecule has 2 fully saturated rings.